The fourth-order valence-corrected chi connectivity index (χ4v) is 6.07. The molecule has 0 radical (unpaired) electrons. The van der Waals surface area contributed by atoms with Crippen molar-refractivity contribution in [2.45, 2.75) is 32.4 Å². The van der Waals surface area contributed by atoms with E-state index in [-0.39, 0.29) is 23.5 Å². The molecular formula is C23H36N4O4S. The first-order valence-electron chi connectivity index (χ1n) is 11.6. The Morgan fingerprint density at radius 2 is 1.53 bits per heavy atom. The van der Waals surface area contributed by atoms with Crippen LogP contribution < -0.4 is 0 Å². The molecule has 32 heavy (non-hydrogen) atoms. The summed E-state index contributed by atoms with van der Waals surface area (Å²) in [5.41, 5.74) is 0.781. The summed E-state index contributed by atoms with van der Waals surface area (Å²) in [5.74, 6) is 0.140. The van der Waals surface area contributed by atoms with Crippen LogP contribution in [0.25, 0.3) is 0 Å². The van der Waals surface area contributed by atoms with Crippen LogP contribution in [0.3, 0.4) is 0 Å². The monoisotopic (exact) mass is 464 g/mol. The number of carbonyl (C=O) groups is 2. The second-order valence-electron chi connectivity index (χ2n) is 8.58. The molecule has 0 N–H and O–H groups in total. The van der Waals surface area contributed by atoms with Gasteiger partial charge in [-0.2, -0.15) is 0 Å². The van der Waals surface area contributed by atoms with Crippen LogP contribution in [0.1, 0.15) is 32.3 Å². The highest BCUT2D eigenvalue weighted by atomic mass is 32.2. The topological polar surface area (TPSA) is 81.2 Å². The molecule has 2 fully saturated rings. The molecule has 2 heterocycles. The highest BCUT2D eigenvalue weighted by Gasteiger charge is 2.34. The minimum atomic E-state index is -3.37. The van der Waals surface area contributed by atoms with Crippen LogP contribution in [-0.4, -0.2) is 98.1 Å². The second kappa shape index (κ2) is 11.2. The summed E-state index contributed by atoms with van der Waals surface area (Å²) >= 11 is 0. The number of amides is 2. The van der Waals surface area contributed by atoms with E-state index in [0.717, 1.165) is 5.56 Å². The number of sulfonamides is 1. The number of likely N-dealkylation sites (N-methyl/N-ethyl adjacent to an activating group) is 1. The molecule has 178 valence electrons. The maximum absolute atomic E-state index is 13.0. The Hall–Kier alpha value is -1.97. The van der Waals surface area contributed by atoms with Crippen molar-refractivity contribution in [3.63, 3.8) is 0 Å². The molecule has 0 aromatic heterocycles. The van der Waals surface area contributed by atoms with Crippen LogP contribution in [0.15, 0.2) is 30.3 Å². The number of rotatable bonds is 8. The van der Waals surface area contributed by atoms with Gasteiger partial charge in [0.15, 0.2) is 0 Å². The third-order valence-electron chi connectivity index (χ3n) is 6.55. The van der Waals surface area contributed by atoms with Gasteiger partial charge < -0.3 is 9.80 Å². The van der Waals surface area contributed by atoms with Gasteiger partial charge in [0.1, 0.15) is 0 Å². The van der Waals surface area contributed by atoms with Crippen LogP contribution in [0, 0.1) is 5.92 Å². The molecule has 2 saturated heterocycles. The number of benzene rings is 1. The zero-order valence-electron chi connectivity index (χ0n) is 19.3. The summed E-state index contributed by atoms with van der Waals surface area (Å²) in [6.45, 7) is 9.22. The molecule has 0 bridgehead atoms. The quantitative estimate of drug-likeness (QED) is 0.578. The largest absolute Gasteiger partial charge is 0.342 e. The molecule has 3 rings (SSSR count). The molecule has 1 aromatic rings. The molecule has 9 heteroatoms. The number of piperidine rings is 1. The smallest absolute Gasteiger partial charge is 0.236 e. The van der Waals surface area contributed by atoms with Crippen LogP contribution in [0.5, 0.6) is 0 Å². The van der Waals surface area contributed by atoms with Gasteiger partial charge >= 0.3 is 0 Å². The molecule has 0 atom stereocenters. The summed E-state index contributed by atoms with van der Waals surface area (Å²) in [6, 6.07) is 9.20. The van der Waals surface area contributed by atoms with Crippen molar-refractivity contribution in [1.82, 2.24) is 19.0 Å². The number of piperazine rings is 1. The maximum atomic E-state index is 13.0. The van der Waals surface area contributed by atoms with Gasteiger partial charge in [-0.15, -0.1) is 0 Å². The predicted molar refractivity (Wildman–Crippen MR) is 124 cm³/mol. The van der Waals surface area contributed by atoms with Crippen LogP contribution >= 0.6 is 0 Å². The highest BCUT2D eigenvalue weighted by molar-refractivity contribution is 7.88. The molecule has 8 nitrogen and oxygen atoms in total. The number of carbonyl (C=O) groups excluding carboxylic acids is 2. The van der Waals surface area contributed by atoms with Crippen molar-refractivity contribution < 1.29 is 18.0 Å². The lowest BCUT2D eigenvalue weighted by Gasteiger charge is -2.38. The van der Waals surface area contributed by atoms with Gasteiger partial charge in [0.05, 0.1) is 12.3 Å². The van der Waals surface area contributed by atoms with Gasteiger partial charge in [0, 0.05) is 58.3 Å². The Morgan fingerprint density at radius 1 is 0.938 bits per heavy atom. The fourth-order valence-electron chi connectivity index (χ4n) is 4.51. The van der Waals surface area contributed by atoms with Crippen molar-refractivity contribution in [3.8, 4) is 0 Å². The van der Waals surface area contributed by atoms with Crippen LogP contribution in [0.2, 0.25) is 0 Å². The fraction of sp³-hybridized carbons (Fsp3) is 0.652. The lowest BCUT2D eigenvalue weighted by atomic mass is 9.96. The van der Waals surface area contributed by atoms with E-state index in [0.29, 0.717) is 71.7 Å². The Bertz CT molecular complexity index is 857. The van der Waals surface area contributed by atoms with Gasteiger partial charge in [-0.25, -0.2) is 12.7 Å². The third kappa shape index (κ3) is 6.30. The standard InChI is InChI=1S/C23H36N4O4S/c1-3-25(4-2)22(28)18-24-14-16-26(17-15-24)23(29)21-10-12-27(13-11-21)32(30,31)19-20-8-6-5-7-9-20/h5-9,21H,3-4,10-19H2,1-2H3. The average molecular weight is 465 g/mol. The molecule has 1 aromatic carbocycles. The summed E-state index contributed by atoms with van der Waals surface area (Å²) in [5, 5.41) is 0. The molecule has 2 aliphatic heterocycles. The Balaban J connectivity index is 1.44. The van der Waals surface area contributed by atoms with Gasteiger partial charge in [0.2, 0.25) is 21.8 Å². The molecular weight excluding hydrogens is 428 g/mol. The van der Waals surface area contributed by atoms with Gasteiger partial charge in [-0.3, -0.25) is 14.5 Å². The van der Waals surface area contributed by atoms with Crippen LogP contribution in [0.4, 0.5) is 0 Å². The van der Waals surface area contributed by atoms with Crippen molar-refractivity contribution >= 4 is 21.8 Å². The minimum Gasteiger partial charge on any atom is -0.342 e. The minimum absolute atomic E-state index is 0.000619. The van der Waals surface area contributed by atoms with Gasteiger partial charge in [-0.05, 0) is 32.3 Å². The van der Waals surface area contributed by atoms with Gasteiger partial charge in [0.25, 0.3) is 0 Å². The second-order valence-corrected chi connectivity index (χ2v) is 10.6. The van der Waals surface area contributed by atoms with E-state index in [1.54, 1.807) is 0 Å². The molecule has 2 aliphatic rings. The maximum Gasteiger partial charge on any atom is 0.236 e. The molecule has 0 unspecified atom stereocenters. The lowest BCUT2D eigenvalue weighted by molar-refractivity contribution is -0.139. The molecule has 2 amide bonds. The lowest BCUT2D eigenvalue weighted by Crippen LogP contribution is -2.53. The summed E-state index contributed by atoms with van der Waals surface area (Å²) in [4.78, 5) is 31.1. The Morgan fingerprint density at radius 3 is 2.09 bits per heavy atom. The van der Waals surface area contributed by atoms with Crippen molar-refractivity contribution in [3.05, 3.63) is 35.9 Å². The van der Waals surface area contributed by atoms with E-state index in [2.05, 4.69) is 4.90 Å². The zero-order chi connectivity index (χ0) is 23.1. The number of nitrogens with zero attached hydrogens (tertiary/aromatic N) is 4. The Kier molecular flexibility index (Phi) is 8.67. The first-order chi connectivity index (χ1) is 15.3. The van der Waals surface area contributed by atoms with E-state index in [4.69, 9.17) is 0 Å². The Labute approximate surface area is 192 Å². The molecule has 0 aliphatic carbocycles. The zero-order valence-corrected chi connectivity index (χ0v) is 20.1. The van der Waals surface area contributed by atoms with E-state index in [1.807, 2.05) is 54.0 Å². The van der Waals surface area contributed by atoms with Crippen molar-refractivity contribution in [2.24, 2.45) is 5.92 Å². The summed E-state index contributed by atoms with van der Waals surface area (Å²) in [7, 11) is -3.37. The highest BCUT2D eigenvalue weighted by Crippen LogP contribution is 2.24. The average Bonchev–Trinajstić information content (AvgIpc) is 2.80. The van der Waals surface area contributed by atoms with Gasteiger partial charge in [-0.1, -0.05) is 30.3 Å². The normalized spacial score (nSPS) is 19.1. The number of hydrogen-bond acceptors (Lipinski definition) is 5. The SMILES string of the molecule is CCN(CC)C(=O)CN1CCN(C(=O)C2CCN(S(=O)(=O)Cc3ccccc3)CC2)CC1. The van der Waals surface area contributed by atoms with Crippen LogP contribution in [-0.2, 0) is 25.4 Å². The molecule has 0 spiro atoms. The van der Waals surface area contributed by atoms with E-state index in [9.17, 15) is 18.0 Å². The van der Waals surface area contributed by atoms with Crippen molar-refractivity contribution in [2.75, 3.05) is 58.9 Å². The molecule has 0 saturated carbocycles. The van der Waals surface area contributed by atoms with E-state index >= 15 is 0 Å². The summed E-state index contributed by atoms with van der Waals surface area (Å²) < 4.78 is 27.0. The number of hydrogen-bond donors (Lipinski definition) is 0. The van der Waals surface area contributed by atoms with E-state index < -0.39 is 10.0 Å². The predicted octanol–water partition coefficient (Wildman–Crippen LogP) is 1.24. The summed E-state index contributed by atoms with van der Waals surface area (Å²) in [6.07, 6.45) is 1.13. The third-order valence-corrected chi connectivity index (χ3v) is 8.40. The first-order valence-corrected chi connectivity index (χ1v) is 13.3. The van der Waals surface area contributed by atoms with Crippen molar-refractivity contribution in [1.29, 1.82) is 0 Å². The van der Waals surface area contributed by atoms with E-state index in [1.165, 1.54) is 4.31 Å². The first kappa shape index (κ1) is 24.7.